The maximum absolute atomic E-state index is 2.55. The van der Waals surface area contributed by atoms with Crippen LogP contribution in [0.25, 0.3) is 60.9 Å². The minimum absolute atomic E-state index is 0.110. The molecule has 8 aromatic carbocycles. The molecule has 0 bridgehead atoms. The van der Waals surface area contributed by atoms with Gasteiger partial charge in [0.15, 0.2) is 0 Å². The number of hydrogen-bond acceptors (Lipinski definition) is 1. The highest BCUT2D eigenvalue weighted by Crippen LogP contribution is 2.58. The van der Waals surface area contributed by atoms with Gasteiger partial charge in [0.05, 0.1) is 22.4 Å². The van der Waals surface area contributed by atoms with Gasteiger partial charge in [0, 0.05) is 44.1 Å². The lowest BCUT2D eigenvalue weighted by Crippen LogP contribution is -2.17. The van der Waals surface area contributed by atoms with Crippen molar-refractivity contribution in [2.45, 2.75) is 38.5 Å². The number of para-hydroxylation sites is 2. The smallest absolute Gasteiger partial charge is 0.0543 e. The van der Waals surface area contributed by atoms with Crippen LogP contribution in [-0.2, 0) is 10.8 Å². The van der Waals surface area contributed by atoms with Crippen LogP contribution < -0.4 is 4.90 Å². The molecule has 9 aromatic rings. The molecule has 11 rings (SSSR count). The summed E-state index contributed by atoms with van der Waals surface area (Å²) in [5, 5.41) is 2.55. The summed E-state index contributed by atoms with van der Waals surface area (Å²) in [6.45, 7) is 9.48. The molecule has 0 amide bonds. The quantitative estimate of drug-likeness (QED) is 0.172. The van der Waals surface area contributed by atoms with Gasteiger partial charge in [0.1, 0.15) is 0 Å². The van der Waals surface area contributed by atoms with Crippen molar-refractivity contribution in [3.8, 4) is 39.1 Å². The van der Waals surface area contributed by atoms with Gasteiger partial charge in [-0.1, -0.05) is 161 Å². The van der Waals surface area contributed by atoms with Gasteiger partial charge < -0.3 is 9.47 Å². The van der Waals surface area contributed by atoms with Gasteiger partial charge in [-0.05, 0) is 93.0 Å². The summed E-state index contributed by atoms with van der Waals surface area (Å²) >= 11 is 0. The first kappa shape index (κ1) is 32.8. The molecule has 0 spiro atoms. The average Bonchev–Trinajstić information content (AvgIpc) is 3.79. The van der Waals surface area contributed by atoms with Crippen LogP contribution in [0.2, 0.25) is 0 Å². The molecule has 0 saturated heterocycles. The van der Waals surface area contributed by atoms with Crippen LogP contribution in [0, 0.1) is 0 Å². The normalized spacial score (nSPS) is 14.4. The number of anilines is 3. The van der Waals surface area contributed by atoms with E-state index in [1.807, 2.05) is 0 Å². The molecule has 268 valence electrons. The van der Waals surface area contributed by atoms with E-state index in [4.69, 9.17) is 0 Å². The van der Waals surface area contributed by atoms with Crippen LogP contribution in [0.3, 0.4) is 0 Å². The Morgan fingerprint density at radius 3 is 1.41 bits per heavy atom. The van der Waals surface area contributed by atoms with E-state index >= 15 is 0 Å². The summed E-state index contributed by atoms with van der Waals surface area (Å²) in [4.78, 5) is 2.55. The summed E-state index contributed by atoms with van der Waals surface area (Å²) < 4.78 is 2.39. The molecule has 56 heavy (non-hydrogen) atoms. The molecule has 2 heteroatoms. The van der Waals surface area contributed by atoms with E-state index < -0.39 is 0 Å². The Kier molecular flexibility index (Phi) is 6.98. The highest BCUT2D eigenvalue weighted by Gasteiger charge is 2.40. The Hall–Kier alpha value is -6.64. The SMILES string of the molecule is CC1(C)c2ccccc2-c2c(N(c3cccc(-c4ccc(-n5c6ccccc6c6ccccc65)cc4)c3)c3cccc4c3-c3ccccc3C4(C)C)cccc21. The molecule has 1 aromatic heterocycles. The van der Waals surface area contributed by atoms with E-state index in [2.05, 4.69) is 219 Å². The lowest BCUT2D eigenvalue weighted by molar-refractivity contribution is 0.660. The van der Waals surface area contributed by atoms with E-state index in [0.717, 1.165) is 11.4 Å². The molecule has 2 nitrogen and oxygen atoms in total. The molecule has 0 N–H and O–H groups in total. The zero-order valence-electron chi connectivity index (χ0n) is 32.2. The fourth-order valence-corrected chi connectivity index (χ4v) is 10.1. The Bertz CT molecular complexity index is 2870. The van der Waals surface area contributed by atoms with E-state index in [1.165, 1.54) is 88.8 Å². The Labute approximate surface area is 328 Å². The Balaban J connectivity index is 1.11. The van der Waals surface area contributed by atoms with Crippen LogP contribution in [0.5, 0.6) is 0 Å². The lowest BCUT2D eigenvalue weighted by atomic mass is 9.82. The first-order valence-electron chi connectivity index (χ1n) is 19.8. The van der Waals surface area contributed by atoms with Crippen LogP contribution >= 0.6 is 0 Å². The maximum Gasteiger partial charge on any atom is 0.0543 e. The number of rotatable bonds is 5. The molecule has 1 heterocycles. The highest BCUT2D eigenvalue weighted by molar-refractivity contribution is 6.09. The summed E-state index contributed by atoms with van der Waals surface area (Å²) in [5.41, 5.74) is 20.1. The average molecular weight is 719 g/mol. The van der Waals surface area contributed by atoms with Gasteiger partial charge in [-0.25, -0.2) is 0 Å². The molecular formula is C54H42N2. The molecule has 0 radical (unpaired) electrons. The minimum atomic E-state index is -0.110. The molecule has 0 atom stereocenters. The molecular weight excluding hydrogens is 677 g/mol. The molecule has 0 unspecified atom stereocenters. The largest absolute Gasteiger partial charge is 0.309 e. The summed E-state index contributed by atoms with van der Waals surface area (Å²) in [7, 11) is 0. The van der Waals surface area contributed by atoms with Crippen molar-refractivity contribution in [2.75, 3.05) is 4.90 Å². The fourth-order valence-electron chi connectivity index (χ4n) is 10.1. The standard InChI is InChI=1S/C54H42N2/c1-53(2)43-22-9-5-20-41(43)51-45(53)24-14-28-49(51)56(50-29-15-25-46-52(50)42-21-6-10-23-44(42)54(46,3)4)38-17-13-16-36(34-38)35-30-32-37(33-31-35)55-47-26-11-7-18-39(47)40-19-8-12-27-48(40)55/h5-34H,1-4H3. The number of aromatic nitrogens is 1. The molecule has 2 aliphatic carbocycles. The first-order chi connectivity index (χ1) is 27.3. The number of nitrogens with zero attached hydrogens (tertiary/aromatic N) is 2. The van der Waals surface area contributed by atoms with Crippen molar-refractivity contribution in [3.63, 3.8) is 0 Å². The second-order valence-corrected chi connectivity index (χ2v) is 16.5. The maximum atomic E-state index is 2.55. The van der Waals surface area contributed by atoms with E-state index in [-0.39, 0.29) is 10.8 Å². The summed E-state index contributed by atoms with van der Waals surface area (Å²) in [5.74, 6) is 0. The third-order valence-electron chi connectivity index (χ3n) is 12.8. The van der Waals surface area contributed by atoms with Crippen LogP contribution in [0.1, 0.15) is 49.9 Å². The number of fused-ring (bicyclic) bond motifs is 9. The molecule has 0 fully saturated rings. The van der Waals surface area contributed by atoms with Crippen LogP contribution in [0.15, 0.2) is 182 Å². The number of benzene rings is 8. The third-order valence-corrected chi connectivity index (χ3v) is 12.8. The van der Waals surface area contributed by atoms with Crippen molar-refractivity contribution < 1.29 is 0 Å². The molecule has 0 saturated carbocycles. The fraction of sp³-hybridized carbons (Fsp3) is 0.111. The lowest BCUT2D eigenvalue weighted by Gasteiger charge is -2.31. The second-order valence-electron chi connectivity index (χ2n) is 16.5. The highest BCUT2D eigenvalue weighted by atomic mass is 15.1. The Morgan fingerprint density at radius 2 is 0.857 bits per heavy atom. The zero-order valence-corrected chi connectivity index (χ0v) is 32.2. The predicted molar refractivity (Wildman–Crippen MR) is 236 cm³/mol. The van der Waals surface area contributed by atoms with Gasteiger partial charge in [-0.3, -0.25) is 0 Å². The Morgan fingerprint density at radius 1 is 0.393 bits per heavy atom. The molecule has 2 aliphatic rings. The van der Waals surface area contributed by atoms with Gasteiger partial charge in [-0.15, -0.1) is 0 Å². The van der Waals surface area contributed by atoms with E-state index in [1.54, 1.807) is 0 Å². The van der Waals surface area contributed by atoms with Crippen molar-refractivity contribution in [3.05, 3.63) is 204 Å². The number of hydrogen-bond donors (Lipinski definition) is 0. The van der Waals surface area contributed by atoms with Crippen LogP contribution in [-0.4, -0.2) is 4.57 Å². The van der Waals surface area contributed by atoms with Crippen molar-refractivity contribution in [1.82, 2.24) is 4.57 Å². The van der Waals surface area contributed by atoms with E-state index in [0.29, 0.717) is 0 Å². The monoisotopic (exact) mass is 718 g/mol. The van der Waals surface area contributed by atoms with Crippen molar-refractivity contribution in [1.29, 1.82) is 0 Å². The summed E-state index contributed by atoms with van der Waals surface area (Å²) in [6.07, 6.45) is 0. The first-order valence-corrected chi connectivity index (χ1v) is 19.8. The second kappa shape index (κ2) is 11.9. The predicted octanol–water partition coefficient (Wildman–Crippen LogP) is 14.5. The third kappa shape index (κ3) is 4.56. The van der Waals surface area contributed by atoms with Crippen molar-refractivity contribution in [2.24, 2.45) is 0 Å². The van der Waals surface area contributed by atoms with Gasteiger partial charge >= 0.3 is 0 Å². The summed E-state index contributed by atoms with van der Waals surface area (Å²) in [6, 6.07) is 67.5. The zero-order chi connectivity index (χ0) is 37.8. The van der Waals surface area contributed by atoms with Gasteiger partial charge in [-0.2, -0.15) is 0 Å². The topological polar surface area (TPSA) is 8.17 Å². The minimum Gasteiger partial charge on any atom is -0.309 e. The van der Waals surface area contributed by atoms with Crippen molar-refractivity contribution >= 4 is 38.9 Å². The molecule has 0 aliphatic heterocycles. The van der Waals surface area contributed by atoms with Crippen LogP contribution in [0.4, 0.5) is 17.1 Å². The van der Waals surface area contributed by atoms with Gasteiger partial charge in [0.25, 0.3) is 0 Å². The van der Waals surface area contributed by atoms with E-state index in [9.17, 15) is 0 Å². The van der Waals surface area contributed by atoms with Gasteiger partial charge in [0.2, 0.25) is 0 Å².